The van der Waals surface area contributed by atoms with Crippen LogP contribution in [0.25, 0.3) is 0 Å². The third kappa shape index (κ3) is 6.96. The fourth-order valence-corrected chi connectivity index (χ4v) is 5.34. The van der Waals surface area contributed by atoms with E-state index in [1.54, 1.807) is 18.2 Å². The number of halogens is 1. The molecule has 1 atom stereocenters. The van der Waals surface area contributed by atoms with Crippen LogP contribution >= 0.6 is 11.6 Å². The van der Waals surface area contributed by atoms with E-state index in [1.165, 1.54) is 11.0 Å². The largest absolute Gasteiger partial charge is 0.352 e. The van der Waals surface area contributed by atoms with Gasteiger partial charge in [-0.2, -0.15) is 0 Å². The van der Waals surface area contributed by atoms with Crippen molar-refractivity contribution in [2.75, 3.05) is 17.1 Å². The Morgan fingerprint density at radius 2 is 1.76 bits per heavy atom. The first-order valence-corrected chi connectivity index (χ1v) is 13.8. The molecule has 0 aliphatic heterocycles. The van der Waals surface area contributed by atoms with E-state index in [0.29, 0.717) is 17.1 Å². The molecule has 1 fully saturated rings. The highest BCUT2D eigenvalue weighted by atomic mass is 35.5. The molecule has 0 unspecified atom stereocenters. The predicted octanol–water partition coefficient (Wildman–Crippen LogP) is 3.97. The zero-order valence-electron chi connectivity index (χ0n) is 19.6. The van der Waals surface area contributed by atoms with Gasteiger partial charge in [0.25, 0.3) is 0 Å². The summed E-state index contributed by atoms with van der Waals surface area (Å²) in [6, 6.07) is 15.1. The monoisotopic (exact) mass is 505 g/mol. The Bertz CT molecular complexity index is 1090. The zero-order chi connectivity index (χ0) is 24.7. The standard InChI is InChI=1S/C25H32ClN3O4S/c1-3-23(25(31)27-21-13-7-8-14-21)28(17-19-10-5-4-6-11-19)24(30)18-29(34(2,32)33)22-15-9-12-20(26)16-22/h4-6,9-12,15-16,21,23H,3,7-8,13-14,17-18H2,1-2H3,(H,27,31)/t23-/m0/s1. The average Bonchev–Trinajstić information content (AvgIpc) is 3.30. The van der Waals surface area contributed by atoms with E-state index in [0.717, 1.165) is 41.8 Å². The molecule has 0 bridgehead atoms. The number of hydrogen-bond acceptors (Lipinski definition) is 4. The van der Waals surface area contributed by atoms with E-state index in [2.05, 4.69) is 5.32 Å². The number of nitrogens with one attached hydrogen (secondary N) is 1. The molecule has 2 amide bonds. The van der Waals surface area contributed by atoms with Gasteiger partial charge < -0.3 is 10.2 Å². The summed E-state index contributed by atoms with van der Waals surface area (Å²) < 4.78 is 26.2. The van der Waals surface area contributed by atoms with E-state index in [4.69, 9.17) is 11.6 Å². The molecule has 2 aromatic rings. The first-order chi connectivity index (χ1) is 16.2. The van der Waals surface area contributed by atoms with Crippen LogP contribution in [0.1, 0.15) is 44.6 Å². The third-order valence-corrected chi connectivity index (χ3v) is 7.43. The number of carbonyl (C=O) groups is 2. The lowest BCUT2D eigenvalue weighted by Gasteiger charge is -2.33. The van der Waals surface area contributed by atoms with Crippen LogP contribution in [-0.2, 0) is 26.2 Å². The Labute approximate surface area is 207 Å². The van der Waals surface area contributed by atoms with Crippen LogP contribution in [0.4, 0.5) is 5.69 Å². The summed E-state index contributed by atoms with van der Waals surface area (Å²) in [4.78, 5) is 28.3. The highest BCUT2D eigenvalue weighted by Crippen LogP contribution is 2.23. The van der Waals surface area contributed by atoms with Gasteiger partial charge >= 0.3 is 0 Å². The normalized spacial score (nSPS) is 15.0. The molecule has 1 N–H and O–H groups in total. The Morgan fingerprint density at radius 3 is 2.35 bits per heavy atom. The number of nitrogens with zero attached hydrogens (tertiary/aromatic N) is 2. The van der Waals surface area contributed by atoms with Gasteiger partial charge in [-0.15, -0.1) is 0 Å². The first-order valence-electron chi connectivity index (χ1n) is 11.6. The Balaban J connectivity index is 1.90. The number of benzene rings is 2. The number of carbonyl (C=O) groups excluding carboxylic acids is 2. The molecule has 3 rings (SSSR count). The van der Waals surface area contributed by atoms with Gasteiger partial charge in [0.1, 0.15) is 12.6 Å². The molecule has 34 heavy (non-hydrogen) atoms. The molecule has 0 saturated heterocycles. The summed E-state index contributed by atoms with van der Waals surface area (Å²) in [5.41, 5.74) is 1.16. The number of rotatable bonds is 10. The highest BCUT2D eigenvalue weighted by Gasteiger charge is 2.33. The molecule has 2 aromatic carbocycles. The maximum atomic E-state index is 13.6. The van der Waals surface area contributed by atoms with Gasteiger partial charge in [-0.1, -0.05) is 67.8 Å². The van der Waals surface area contributed by atoms with E-state index in [-0.39, 0.29) is 18.5 Å². The van der Waals surface area contributed by atoms with Crippen molar-refractivity contribution in [3.63, 3.8) is 0 Å². The molecular weight excluding hydrogens is 474 g/mol. The van der Waals surface area contributed by atoms with E-state index in [1.807, 2.05) is 37.3 Å². The maximum Gasteiger partial charge on any atom is 0.244 e. The second kappa shape index (κ2) is 11.7. The minimum atomic E-state index is -3.78. The Hall–Kier alpha value is -2.58. The van der Waals surface area contributed by atoms with Crippen molar-refractivity contribution in [3.05, 3.63) is 65.2 Å². The van der Waals surface area contributed by atoms with Crippen LogP contribution in [0.3, 0.4) is 0 Å². The molecule has 1 aliphatic carbocycles. The molecule has 1 saturated carbocycles. The van der Waals surface area contributed by atoms with Gasteiger partial charge in [0.2, 0.25) is 21.8 Å². The van der Waals surface area contributed by atoms with Crippen molar-refractivity contribution in [2.24, 2.45) is 0 Å². The average molecular weight is 506 g/mol. The molecule has 0 heterocycles. The van der Waals surface area contributed by atoms with Crippen molar-refractivity contribution in [3.8, 4) is 0 Å². The van der Waals surface area contributed by atoms with E-state index >= 15 is 0 Å². The number of hydrogen-bond donors (Lipinski definition) is 1. The molecule has 184 valence electrons. The summed E-state index contributed by atoms with van der Waals surface area (Å²) in [5.74, 6) is -0.657. The predicted molar refractivity (Wildman–Crippen MR) is 135 cm³/mol. The lowest BCUT2D eigenvalue weighted by molar-refractivity contribution is -0.140. The molecule has 1 aliphatic rings. The Morgan fingerprint density at radius 1 is 1.09 bits per heavy atom. The highest BCUT2D eigenvalue weighted by molar-refractivity contribution is 7.92. The molecule has 0 radical (unpaired) electrons. The lowest BCUT2D eigenvalue weighted by atomic mass is 10.1. The molecule has 9 heteroatoms. The van der Waals surface area contributed by atoms with Crippen LogP contribution < -0.4 is 9.62 Å². The third-order valence-electron chi connectivity index (χ3n) is 6.06. The van der Waals surface area contributed by atoms with Crippen molar-refractivity contribution in [1.29, 1.82) is 0 Å². The summed E-state index contributed by atoms with van der Waals surface area (Å²) in [6.45, 7) is 1.62. The van der Waals surface area contributed by atoms with Gasteiger partial charge in [0.15, 0.2) is 0 Å². The Kier molecular flexibility index (Phi) is 8.97. The quantitative estimate of drug-likeness (QED) is 0.529. The fourth-order valence-electron chi connectivity index (χ4n) is 4.31. The van der Waals surface area contributed by atoms with Gasteiger partial charge in [-0.05, 0) is 43.0 Å². The van der Waals surface area contributed by atoms with Crippen molar-refractivity contribution in [2.45, 2.75) is 57.7 Å². The maximum absolute atomic E-state index is 13.6. The second-order valence-electron chi connectivity index (χ2n) is 8.67. The zero-order valence-corrected chi connectivity index (χ0v) is 21.2. The SMILES string of the molecule is CC[C@@H](C(=O)NC1CCCC1)N(Cc1ccccc1)C(=O)CN(c1cccc(Cl)c1)S(C)(=O)=O. The summed E-state index contributed by atoms with van der Waals surface area (Å²) >= 11 is 6.07. The van der Waals surface area contributed by atoms with Gasteiger partial charge in [0, 0.05) is 17.6 Å². The molecule has 0 spiro atoms. The number of anilines is 1. The van der Waals surface area contributed by atoms with Crippen molar-refractivity contribution >= 4 is 39.1 Å². The minimum Gasteiger partial charge on any atom is -0.352 e. The summed E-state index contributed by atoms with van der Waals surface area (Å²) in [7, 11) is -3.78. The molecule has 0 aromatic heterocycles. The summed E-state index contributed by atoms with van der Waals surface area (Å²) in [5, 5.41) is 3.45. The number of amides is 2. The fraction of sp³-hybridized carbons (Fsp3) is 0.440. The van der Waals surface area contributed by atoms with E-state index in [9.17, 15) is 18.0 Å². The van der Waals surface area contributed by atoms with Gasteiger partial charge in [-0.3, -0.25) is 13.9 Å². The van der Waals surface area contributed by atoms with Crippen molar-refractivity contribution < 1.29 is 18.0 Å². The van der Waals surface area contributed by atoms with Crippen LogP contribution in [0.5, 0.6) is 0 Å². The first kappa shape index (κ1) is 26.0. The van der Waals surface area contributed by atoms with Gasteiger partial charge in [-0.25, -0.2) is 8.42 Å². The van der Waals surface area contributed by atoms with Gasteiger partial charge in [0.05, 0.1) is 11.9 Å². The van der Waals surface area contributed by atoms with E-state index < -0.39 is 28.5 Å². The van der Waals surface area contributed by atoms with Crippen LogP contribution in [-0.4, -0.2) is 50.0 Å². The number of sulfonamides is 1. The molecule has 7 nitrogen and oxygen atoms in total. The van der Waals surface area contributed by atoms with Crippen molar-refractivity contribution in [1.82, 2.24) is 10.2 Å². The van der Waals surface area contributed by atoms with Crippen LogP contribution in [0.15, 0.2) is 54.6 Å². The molecular formula is C25H32ClN3O4S. The second-order valence-corrected chi connectivity index (χ2v) is 11.0. The lowest BCUT2D eigenvalue weighted by Crippen LogP contribution is -2.53. The smallest absolute Gasteiger partial charge is 0.244 e. The van der Waals surface area contributed by atoms with Crippen LogP contribution in [0.2, 0.25) is 5.02 Å². The van der Waals surface area contributed by atoms with Crippen LogP contribution in [0, 0.1) is 0 Å². The topological polar surface area (TPSA) is 86.8 Å². The summed E-state index contributed by atoms with van der Waals surface area (Å²) in [6.07, 6.45) is 5.49. The minimum absolute atomic E-state index is 0.120.